The number of rotatable bonds is 5. The zero-order valence-electron chi connectivity index (χ0n) is 16.6. The molecule has 10 heteroatoms. The number of ether oxygens (including phenoxy) is 1. The molecule has 0 radical (unpaired) electrons. The first kappa shape index (κ1) is 20.9. The molecule has 0 unspecified atom stereocenters. The van der Waals surface area contributed by atoms with E-state index >= 15 is 0 Å². The summed E-state index contributed by atoms with van der Waals surface area (Å²) in [6.07, 6.45) is 1.27. The van der Waals surface area contributed by atoms with E-state index < -0.39 is 16.7 Å². The topological polar surface area (TPSA) is 115 Å². The first-order valence-corrected chi connectivity index (χ1v) is 9.69. The Morgan fingerprint density at radius 1 is 1.09 bits per heavy atom. The molecule has 3 aromatic rings. The van der Waals surface area contributed by atoms with E-state index in [1.54, 1.807) is 42.5 Å². The van der Waals surface area contributed by atoms with Gasteiger partial charge in [-0.25, -0.2) is 0 Å². The number of nitrogens with zero attached hydrogens (tertiary/aromatic N) is 2. The number of nitro benzene ring substituents is 1. The number of furan rings is 1. The maximum absolute atomic E-state index is 13.1. The van der Waals surface area contributed by atoms with Crippen molar-refractivity contribution in [3.8, 4) is 17.1 Å². The predicted octanol–water partition coefficient (Wildman–Crippen LogP) is 3.69. The van der Waals surface area contributed by atoms with Crippen molar-refractivity contribution < 1.29 is 23.7 Å². The normalized spacial score (nSPS) is 15.1. The number of amides is 2. The first-order chi connectivity index (χ1) is 15.4. The van der Waals surface area contributed by atoms with Crippen molar-refractivity contribution in [3.05, 3.63) is 82.1 Å². The zero-order valence-corrected chi connectivity index (χ0v) is 17.4. The molecule has 2 heterocycles. The second kappa shape index (κ2) is 8.44. The lowest BCUT2D eigenvalue weighted by Gasteiger charge is -2.28. The van der Waals surface area contributed by atoms with Gasteiger partial charge >= 0.3 is 0 Å². The molecule has 1 aliphatic heterocycles. The van der Waals surface area contributed by atoms with Gasteiger partial charge in [0.05, 0.1) is 23.3 Å². The number of methoxy groups -OCH3 is 1. The maximum Gasteiger partial charge on any atom is 0.280 e. The molecule has 160 valence electrons. The standard InChI is InChI=1S/C22H15N3O6S/c1-30-14-8-6-13(7-9-14)24-21(27)17(20(26)23-22(24)32)12-15-10-11-19(31-15)16-4-2-3-5-18(16)25(28)29/h2-12H,1H3,(H,23,26,32)/b17-12+. The fraction of sp³-hybridized carbons (Fsp3) is 0.0455. The molecule has 2 amide bonds. The number of nitrogens with one attached hydrogen (secondary N) is 1. The van der Waals surface area contributed by atoms with Crippen molar-refractivity contribution in [2.45, 2.75) is 0 Å². The Balaban J connectivity index is 1.68. The Bertz CT molecular complexity index is 1280. The summed E-state index contributed by atoms with van der Waals surface area (Å²) >= 11 is 5.18. The number of hydrogen-bond acceptors (Lipinski definition) is 7. The van der Waals surface area contributed by atoms with E-state index in [4.69, 9.17) is 21.4 Å². The highest BCUT2D eigenvalue weighted by molar-refractivity contribution is 7.80. The second-order valence-electron chi connectivity index (χ2n) is 6.63. The smallest absolute Gasteiger partial charge is 0.280 e. The SMILES string of the molecule is COc1ccc(N2C(=O)/C(=C/c3ccc(-c4ccccc4[N+](=O)[O-])o3)C(=O)NC2=S)cc1. The Morgan fingerprint density at radius 2 is 1.81 bits per heavy atom. The van der Waals surface area contributed by atoms with Crippen molar-refractivity contribution in [2.24, 2.45) is 0 Å². The Hall–Kier alpha value is -4.31. The van der Waals surface area contributed by atoms with Crippen LogP contribution in [0.25, 0.3) is 17.4 Å². The Morgan fingerprint density at radius 3 is 2.50 bits per heavy atom. The van der Waals surface area contributed by atoms with Gasteiger partial charge in [-0.05, 0) is 60.8 Å². The molecule has 0 bridgehead atoms. The molecule has 1 saturated heterocycles. The van der Waals surface area contributed by atoms with Gasteiger partial charge < -0.3 is 9.15 Å². The van der Waals surface area contributed by atoms with Gasteiger partial charge in [-0.1, -0.05) is 12.1 Å². The average molecular weight is 449 g/mol. The molecule has 1 fully saturated rings. The van der Waals surface area contributed by atoms with Crippen LogP contribution in [0.15, 0.2) is 70.7 Å². The van der Waals surface area contributed by atoms with Crippen LogP contribution in [0.5, 0.6) is 5.75 Å². The molecular formula is C22H15N3O6S. The summed E-state index contributed by atoms with van der Waals surface area (Å²) in [5.41, 5.74) is 0.413. The minimum atomic E-state index is -0.673. The van der Waals surface area contributed by atoms with Gasteiger partial charge in [0.15, 0.2) is 5.11 Å². The van der Waals surface area contributed by atoms with Crippen LogP contribution in [-0.2, 0) is 9.59 Å². The Kier molecular flexibility index (Phi) is 5.52. The van der Waals surface area contributed by atoms with Gasteiger partial charge in [-0.2, -0.15) is 0 Å². The number of thiocarbonyl (C=S) groups is 1. The minimum Gasteiger partial charge on any atom is -0.497 e. The lowest BCUT2D eigenvalue weighted by molar-refractivity contribution is -0.384. The number of hydrogen-bond donors (Lipinski definition) is 1. The number of benzene rings is 2. The summed E-state index contributed by atoms with van der Waals surface area (Å²) in [5.74, 6) is -0.294. The van der Waals surface area contributed by atoms with Crippen molar-refractivity contribution >= 4 is 46.6 Å². The fourth-order valence-corrected chi connectivity index (χ4v) is 3.46. The van der Waals surface area contributed by atoms with Crippen LogP contribution in [0.4, 0.5) is 11.4 Å². The summed E-state index contributed by atoms with van der Waals surface area (Å²) in [5, 5.41) is 13.7. The molecule has 0 aliphatic carbocycles. The van der Waals surface area contributed by atoms with E-state index in [2.05, 4.69) is 5.32 Å². The predicted molar refractivity (Wildman–Crippen MR) is 120 cm³/mol. The summed E-state index contributed by atoms with van der Waals surface area (Å²) in [4.78, 5) is 37.5. The van der Waals surface area contributed by atoms with E-state index in [1.807, 2.05) is 0 Å². The van der Waals surface area contributed by atoms with E-state index in [1.165, 1.54) is 36.3 Å². The molecule has 0 atom stereocenters. The van der Waals surface area contributed by atoms with Crippen LogP contribution in [0.2, 0.25) is 0 Å². The molecule has 1 aliphatic rings. The van der Waals surface area contributed by atoms with Crippen LogP contribution in [0, 0.1) is 10.1 Å². The van der Waals surface area contributed by atoms with Gasteiger partial charge in [0.2, 0.25) is 0 Å². The molecule has 0 spiro atoms. The largest absolute Gasteiger partial charge is 0.497 e. The zero-order chi connectivity index (χ0) is 22.8. The van der Waals surface area contributed by atoms with Crippen LogP contribution in [0.1, 0.15) is 5.76 Å². The van der Waals surface area contributed by atoms with E-state index in [9.17, 15) is 19.7 Å². The van der Waals surface area contributed by atoms with E-state index in [0.717, 1.165) is 0 Å². The number of para-hydroxylation sites is 1. The molecule has 4 rings (SSSR count). The van der Waals surface area contributed by atoms with Crippen molar-refractivity contribution in [1.82, 2.24) is 5.32 Å². The lowest BCUT2D eigenvalue weighted by Crippen LogP contribution is -2.54. The van der Waals surface area contributed by atoms with Gasteiger partial charge in [0, 0.05) is 6.07 Å². The fourth-order valence-electron chi connectivity index (χ4n) is 3.18. The van der Waals surface area contributed by atoms with Crippen LogP contribution in [-0.4, -0.2) is 29.0 Å². The minimum absolute atomic E-state index is 0.0534. The highest BCUT2D eigenvalue weighted by atomic mass is 32.1. The van der Waals surface area contributed by atoms with Gasteiger partial charge in [-0.3, -0.25) is 29.9 Å². The Labute approximate surface area is 187 Å². The monoisotopic (exact) mass is 449 g/mol. The van der Waals surface area contributed by atoms with Gasteiger partial charge in [-0.15, -0.1) is 0 Å². The third-order valence-electron chi connectivity index (χ3n) is 4.71. The molecule has 9 nitrogen and oxygen atoms in total. The van der Waals surface area contributed by atoms with Crippen LogP contribution >= 0.6 is 12.2 Å². The molecule has 1 aromatic heterocycles. The molecule has 1 N–H and O–H groups in total. The highest BCUT2D eigenvalue weighted by Crippen LogP contribution is 2.32. The van der Waals surface area contributed by atoms with Gasteiger partial charge in [0.25, 0.3) is 17.5 Å². The van der Waals surface area contributed by atoms with Crippen molar-refractivity contribution in [1.29, 1.82) is 0 Å². The number of anilines is 1. The third kappa shape index (κ3) is 3.86. The van der Waals surface area contributed by atoms with Gasteiger partial charge in [0.1, 0.15) is 22.8 Å². The quantitative estimate of drug-likeness (QED) is 0.208. The first-order valence-electron chi connectivity index (χ1n) is 9.28. The molecule has 0 saturated carbocycles. The summed E-state index contributed by atoms with van der Waals surface area (Å²) < 4.78 is 10.8. The number of carbonyl (C=O) groups is 2. The van der Waals surface area contributed by atoms with Crippen molar-refractivity contribution in [2.75, 3.05) is 12.0 Å². The maximum atomic E-state index is 13.1. The van der Waals surface area contributed by atoms with Crippen LogP contribution < -0.4 is 15.0 Å². The molecule has 2 aromatic carbocycles. The molecule has 32 heavy (non-hydrogen) atoms. The second-order valence-corrected chi connectivity index (χ2v) is 7.02. The van der Waals surface area contributed by atoms with Crippen molar-refractivity contribution in [3.63, 3.8) is 0 Å². The highest BCUT2D eigenvalue weighted by Gasteiger charge is 2.34. The number of nitro groups is 1. The third-order valence-corrected chi connectivity index (χ3v) is 5.00. The molecular weight excluding hydrogens is 434 g/mol. The van der Waals surface area contributed by atoms with Crippen LogP contribution in [0.3, 0.4) is 0 Å². The summed E-state index contributed by atoms with van der Waals surface area (Å²) in [6, 6.07) is 15.8. The van der Waals surface area contributed by atoms with E-state index in [0.29, 0.717) is 11.4 Å². The lowest BCUT2D eigenvalue weighted by atomic mass is 10.1. The average Bonchev–Trinajstić information content (AvgIpc) is 3.25. The summed E-state index contributed by atoms with van der Waals surface area (Å²) in [6.45, 7) is 0. The van der Waals surface area contributed by atoms with E-state index in [-0.39, 0.29) is 33.5 Å². The number of carbonyl (C=O) groups excluding carboxylic acids is 2. The summed E-state index contributed by atoms with van der Waals surface area (Å²) in [7, 11) is 1.52.